The minimum Gasteiger partial charge on any atom is -0.375 e. The molecule has 7 heavy (non-hydrogen) atoms. The van der Waals surface area contributed by atoms with E-state index < -0.39 is 0 Å². The minimum absolute atomic E-state index is 0.117. The molecule has 0 fully saturated rings. The van der Waals surface area contributed by atoms with Crippen LogP contribution in [0.5, 0.6) is 0 Å². The molecule has 0 rings (SSSR count). The Morgan fingerprint density at radius 2 is 2.43 bits per heavy atom. The molecule has 0 aromatic heterocycles. The lowest BCUT2D eigenvalue weighted by molar-refractivity contribution is -0.506. The second-order valence-corrected chi connectivity index (χ2v) is 1.06. The second kappa shape index (κ2) is 3.75. The number of nitrogens with one attached hydrogen (secondary N) is 1. The fourth-order valence-corrected chi connectivity index (χ4v) is 0.0937. The Labute approximate surface area is 44.8 Å². The maximum Gasteiger partial charge on any atom is 0.190 e. The summed E-state index contributed by atoms with van der Waals surface area (Å²) in [7, 11) is 0. The van der Waals surface area contributed by atoms with Crippen molar-refractivity contribution in [3.63, 3.8) is 0 Å². The molecule has 0 spiro atoms. The van der Waals surface area contributed by atoms with Crippen molar-refractivity contribution in [2.24, 2.45) is 5.73 Å². The minimum atomic E-state index is -0.117. The van der Waals surface area contributed by atoms with Crippen LogP contribution in [-0.2, 0) is 10.0 Å². The number of hydroxylamine groups is 1. The van der Waals surface area contributed by atoms with Gasteiger partial charge in [-0.15, -0.1) is 0 Å². The van der Waals surface area contributed by atoms with Crippen molar-refractivity contribution in [3.8, 4) is 0 Å². The Morgan fingerprint density at radius 1 is 1.86 bits per heavy atom. The molecule has 0 aliphatic rings. The second-order valence-electron chi connectivity index (χ2n) is 0.624. The van der Waals surface area contributed by atoms with E-state index >= 15 is 0 Å². The molecule has 0 aliphatic carbocycles. The molecule has 0 heterocycles. The first-order valence-electron chi connectivity index (χ1n) is 1.30. The highest BCUT2D eigenvalue weighted by atomic mass is 32.1. The summed E-state index contributed by atoms with van der Waals surface area (Å²) in [6, 6.07) is 0. The fourth-order valence-electron chi connectivity index (χ4n) is 0.0597. The molecule has 0 saturated heterocycles. The summed E-state index contributed by atoms with van der Waals surface area (Å²) in [5.74, 6) is 0. The third-order valence-corrected chi connectivity index (χ3v) is 0.263. The van der Waals surface area contributed by atoms with Gasteiger partial charge >= 0.3 is 0 Å². The van der Waals surface area contributed by atoms with Gasteiger partial charge in [-0.2, -0.15) is 0 Å². The summed E-state index contributed by atoms with van der Waals surface area (Å²) in [5, 5.41) is 10.4. The Hall–Kier alpha value is -0.430. The van der Waals surface area contributed by atoms with Crippen LogP contribution in [0.25, 0.3) is 0 Å². The van der Waals surface area contributed by atoms with Crippen molar-refractivity contribution < 1.29 is 15.3 Å². The Balaban J connectivity index is 2.82. The lowest BCUT2D eigenvalue weighted by atomic mass is 11.2. The smallest absolute Gasteiger partial charge is 0.190 e. The van der Waals surface area contributed by atoms with E-state index in [4.69, 9.17) is 11.0 Å². The maximum absolute atomic E-state index is 7.42. The molecule has 4 N–H and O–H groups in total. The normalized spacial score (nSPS) is 8.14. The average molecular weight is 124 g/mol. The van der Waals surface area contributed by atoms with E-state index in [1.54, 1.807) is 0 Å². The van der Waals surface area contributed by atoms with Crippen molar-refractivity contribution in [1.82, 2.24) is 5.48 Å². The summed E-state index contributed by atoms with van der Waals surface area (Å²) in [4.78, 5) is 3.63. The highest BCUT2D eigenvalue weighted by Gasteiger charge is 1.81. The standard InChI is InChI=1S/CH4N2O3S/c2-1(7)3-5-6-4/h4H,(H3,2,3,7). The third-order valence-electron chi connectivity index (χ3n) is 0.180. The van der Waals surface area contributed by atoms with Gasteiger partial charge in [-0.25, -0.2) is 10.7 Å². The Bertz CT molecular complexity index is 66.0. The summed E-state index contributed by atoms with van der Waals surface area (Å²) >= 11 is 4.21. The summed E-state index contributed by atoms with van der Waals surface area (Å²) < 4.78 is 0. The van der Waals surface area contributed by atoms with Gasteiger partial charge in [0.05, 0.1) is 0 Å². The van der Waals surface area contributed by atoms with Gasteiger partial charge in [-0.3, -0.25) is 0 Å². The highest BCUT2D eigenvalue weighted by molar-refractivity contribution is 7.80. The average Bonchev–Trinajstić information content (AvgIpc) is 1.61. The zero-order valence-corrected chi connectivity index (χ0v) is 4.07. The van der Waals surface area contributed by atoms with E-state index in [2.05, 4.69) is 22.2 Å². The van der Waals surface area contributed by atoms with Gasteiger partial charge in [0.15, 0.2) is 5.11 Å². The predicted molar refractivity (Wildman–Crippen MR) is 24.7 cm³/mol. The Kier molecular flexibility index (Phi) is 3.52. The first-order chi connectivity index (χ1) is 3.27. The van der Waals surface area contributed by atoms with Gasteiger partial charge in [-0.05, 0) is 17.3 Å². The van der Waals surface area contributed by atoms with Crippen LogP contribution >= 0.6 is 12.2 Å². The number of thiocarbonyl (C=S) groups is 1. The molecule has 0 radical (unpaired) electrons. The molecule has 42 valence electrons. The number of nitrogens with two attached hydrogens (primary N) is 1. The molecule has 5 nitrogen and oxygen atoms in total. The molecule has 0 aromatic rings. The molecular formula is CH4N2O3S. The lowest BCUT2D eigenvalue weighted by Crippen LogP contribution is -2.28. The van der Waals surface area contributed by atoms with Crippen molar-refractivity contribution in [2.75, 3.05) is 0 Å². The number of hydrogen-bond acceptors (Lipinski definition) is 4. The Morgan fingerprint density at radius 3 is 2.57 bits per heavy atom. The molecule has 0 unspecified atom stereocenters. The molecule has 0 saturated carbocycles. The van der Waals surface area contributed by atoms with Gasteiger partial charge in [0.25, 0.3) is 0 Å². The van der Waals surface area contributed by atoms with Crippen LogP contribution in [0.3, 0.4) is 0 Å². The number of hydrogen-bond donors (Lipinski definition) is 3. The van der Waals surface area contributed by atoms with Crippen LogP contribution in [0, 0.1) is 0 Å². The van der Waals surface area contributed by atoms with E-state index in [-0.39, 0.29) is 5.11 Å². The third kappa shape index (κ3) is 5.57. The summed E-state index contributed by atoms with van der Waals surface area (Å²) in [5.41, 5.74) is 6.61. The van der Waals surface area contributed by atoms with Gasteiger partial charge in [0, 0.05) is 0 Å². The predicted octanol–water partition coefficient (Wildman–Crippen LogP) is -0.844. The van der Waals surface area contributed by atoms with Crippen LogP contribution < -0.4 is 11.2 Å². The van der Waals surface area contributed by atoms with E-state index in [1.807, 2.05) is 5.48 Å². The SMILES string of the molecule is NC(=S)NOOO. The highest BCUT2D eigenvalue weighted by Crippen LogP contribution is 1.60. The maximum atomic E-state index is 7.42. The molecule has 0 bridgehead atoms. The summed E-state index contributed by atoms with van der Waals surface area (Å²) in [6.45, 7) is 0. The first kappa shape index (κ1) is 6.57. The van der Waals surface area contributed by atoms with E-state index in [0.717, 1.165) is 0 Å². The number of rotatable bonds is 2. The van der Waals surface area contributed by atoms with Crippen LogP contribution in [0.4, 0.5) is 0 Å². The lowest BCUT2D eigenvalue weighted by Gasteiger charge is -1.94. The topological polar surface area (TPSA) is 76.7 Å². The van der Waals surface area contributed by atoms with Crippen LogP contribution in [0.1, 0.15) is 0 Å². The quantitative estimate of drug-likeness (QED) is 0.253. The molecule has 6 heteroatoms. The molecule has 0 amide bonds. The molecular weight excluding hydrogens is 120 g/mol. The van der Waals surface area contributed by atoms with Gasteiger partial charge in [0.1, 0.15) is 0 Å². The van der Waals surface area contributed by atoms with Crippen LogP contribution in [-0.4, -0.2) is 10.4 Å². The van der Waals surface area contributed by atoms with Crippen molar-refractivity contribution >= 4 is 17.3 Å². The fraction of sp³-hybridized carbons (Fsp3) is 0. The van der Waals surface area contributed by atoms with E-state index in [1.165, 1.54) is 0 Å². The van der Waals surface area contributed by atoms with Gasteiger partial charge in [0.2, 0.25) is 0 Å². The van der Waals surface area contributed by atoms with E-state index in [0.29, 0.717) is 0 Å². The first-order valence-corrected chi connectivity index (χ1v) is 1.70. The van der Waals surface area contributed by atoms with Crippen LogP contribution in [0.2, 0.25) is 0 Å². The van der Waals surface area contributed by atoms with Gasteiger partial charge in [-0.1, -0.05) is 4.99 Å². The molecule has 0 aromatic carbocycles. The monoisotopic (exact) mass is 124 g/mol. The zero-order valence-electron chi connectivity index (χ0n) is 3.25. The van der Waals surface area contributed by atoms with Crippen molar-refractivity contribution in [2.45, 2.75) is 0 Å². The molecule has 0 atom stereocenters. The van der Waals surface area contributed by atoms with Crippen molar-refractivity contribution in [1.29, 1.82) is 0 Å². The van der Waals surface area contributed by atoms with E-state index in [9.17, 15) is 0 Å². The van der Waals surface area contributed by atoms with Crippen molar-refractivity contribution in [3.05, 3.63) is 0 Å². The zero-order chi connectivity index (χ0) is 5.70. The summed E-state index contributed by atoms with van der Waals surface area (Å²) in [6.07, 6.45) is 0. The molecule has 0 aliphatic heterocycles. The largest absolute Gasteiger partial charge is 0.375 e. The van der Waals surface area contributed by atoms with Crippen LogP contribution in [0.15, 0.2) is 0 Å². The van der Waals surface area contributed by atoms with Gasteiger partial charge < -0.3 is 5.73 Å².